The Morgan fingerprint density at radius 3 is 2.67 bits per heavy atom. The summed E-state index contributed by atoms with van der Waals surface area (Å²) in [7, 11) is 0. The zero-order valence-electron chi connectivity index (χ0n) is 7.09. The number of alkyl halides is 2. The molecule has 0 fully saturated rings. The average molecular weight is 236 g/mol. The third-order valence-corrected chi connectivity index (χ3v) is 1.95. The van der Waals surface area contributed by atoms with E-state index >= 15 is 0 Å². The van der Waals surface area contributed by atoms with E-state index in [0.29, 0.717) is 0 Å². The molecule has 2 rings (SSSR count). The fourth-order valence-electron chi connectivity index (χ4n) is 1.20. The minimum absolute atomic E-state index is 0.0591. The number of hydrogen-bond donors (Lipinski definition) is 1. The lowest BCUT2D eigenvalue weighted by atomic mass is 10.2. The van der Waals surface area contributed by atoms with Gasteiger partial charge in [0, 0.05) is 11.1 Å². The first-order chi connectivity index (χ1) is 6.89. The summed E-state index contributed by atoms with van der Waals surface area (Å²) in [5, 5.41) is 0.0591. The second-order valence-corrected chi connectivity index (χ2v) is 3.25. The number of amides is 1. The number of benzene rings is 1. The molecule has 1 aliphatic heterocycles. The predicted octanol–water partition coefficient (Wildman–Crippen LogP) is 1.76. The lowest BCUT2D eigenvalue weighted by molar-refractivity contribution is -0.286. The second kappa shape index (κ2) is 2.96. The van der Waals surface area contributed by atoms with Gasteiger partial charge < -0.3 is 15.2 Å². The van der Waals surface area contributed by atoms with Gasteiger partial charge in [0.1, 0.15) is 0 Å². The van der Waals surface area contributed by atoms with E-state index < -0.39 is 18.0 Å². The number of carbonyl (C=O) groups is 1. The van der Waals surface area contributed by atoms with E-state index in [1.165, 1.54) is 0 Å². The summed E-state index contributed by atoms with van der Waals surface area (Å²) >= 11 is 5.58. The fraction of sp³-hybridized carbons (Fsp3) is 0.125. The monoisotopic (exact) mass is 235 g/mol. The largest absolute Gasteiger partial charge is 0.586 e. The summed E-state index contributed by atoms with van der Waals surface area (Å²) in [6.45, 7) is 0. The quantitative estimate of drug-likeness (QED) is 0.807. The average Bonchev–Trinajstić information content (AvgIpc) is 2.36. The van der Waals surface area contributed by atoms with Crippen molar-refractivity contribution in [2.24, 2.45) is 5.73 Å². The Morgan fingerprint density at radius 1 is 1.40 bits per heavy atom. The van der Waals surface area contributed by atoms with Gasteiger partial charge in [-0.15, -0.1) is 8.78 Å². The molecule has 2 N–H and O–H groups in total. The first-order valence-electron chi connectivity index (χ1n) is 3.78. The molecule has 0 saturated heterocycles. The number of ether oxygens (including phenoxy) is 2. The van der Waals surface area contributed by atoms with Crippen LogP contribution in [0.3, 0.4) is 0 Å². The van der Waals surface area contributed by atoms with Crippen molar-refractivity contribution in [3.05, 3.63) is 22.7 Å². The second-order valence-electron chi connectivity index (χ2n) is 2.81. The Kier molecular flexibility index (Phi) is 1.97. The van der Waals surface area contributed by atoms with Gasteiger partial charge in [0.05, 0.1) is 5.56 Å². The number of rotatable bonds is 1. The van der Waals surface area contributed by atoms with Crippen molar-refractivity contribution in [1.82, 2.24) is 0 Å². The van der Waals surface area contributed by atoms with Crippen LogP contribution < -0.4 is 15.2 Å². The van der Waals surface area contributed by atoms with Crippen molar-refractivity contribution < 1.29 is 23.0 Å². The van der Waals surface area contributed by atoms with Crippen molar-refractivity contribution in [1.29, 1.82) is 0 Å². The minimum atomic E-state index is -3.79. The van der Waals surface area contributed by atoms with Gasteiger partial charge in [0.25, 0.3) is 5.91 Å². The highest BCUT2D eigenvalue weighted by Crippen LogP contribution is 2.44. The molecule has 0 aromatic heterocycles. The molecule has 0 atom stereocenters. The molecule has 0 aliphatic carbocycles. The molecule has 1 aromatic rings. The SMILES string of the molecule is NC(=O)c1cc(Cl)cc2c1OC(F)(F)O2. The summed E-state index contributed by atoms with van der Waals surface area (Å²) in [5.41, 5.74) is 4.73. The Balaban J connectivity index is 2.58. The first-order valence-corrected chi connectivity index (χ1v) is 4.16. The molecule has 1 heterocycles. The van der Waals surface area contributed by atoms with Crippen molar-refractivity contribution in [2.45, 2.75) is 6.29 Å². The zero-order chi connectivity index (χ0) is 11.2. The lowest BCUT2D eigenvalue weighted by Gasteiger charge is -2.05. The smallest absolute Gasteiger partial charge is 0.395 e. The fourth-order valence-corrected chi connectivity index (χ4v) is 1.41. The highest BCUT2D eigenvalue weighted by atomic mass is 35.5. The molecule has 4 nitrogen and oxygen atoms in total. The third-order valence-electron chi connectivity index (χ3n) is 1.73. The molecule has 0 unspecified atom stereocenters. The van der Waals surface area contributed by atoms with Gasteiger partial charge in [0.2, 0.25) is 0 Å². The number of fused-ring (bicyclic) bond motifs is 1. The number of primary amides is 1. The topological polar surface area (TPSA) is 61.6 Å². The summed E-state index contributed by atoms with van der Waals surface area (Å²) in [6.07, 6.45) is -3.79. The Morgan fingerprint density at radius 2 is 2.07 bits per heavy atom. The van der Waals surface area contributed by atoms with Crippen LogP contribution >= 0.6 is 11.6 Å². The molecule has 1 aliphatic rings. The molecular formula is C8H4ClF2NO3. The van der Waals surface area contributed by atoms with Crippen LogP contribution in [0.25, 0.3) is 0 Å². The van der Waals surface area contributed by atoms with Crippen molar-refractivity contribution in [3.8, 4) is 11.5 Å². The third kappa shape index (κ3) is 1.68. The highest BCUT2D eigenvalue weighted by Gasteiger charge is 2.45. The van der Waals surface area contributed by atoms with Gasteiger partial charge >= 0.3 is 6.29 Å². The predicted molar refractivity (Wildman–Crippen MR) is 46.2 cm³/mol. The molecule has 1 aromatic carbocycles. The number of hydrogen-bond acceptors (Lipinski definition) is 3. The molecular weight excluding hydrogens is 232 g/mol. The molecule has 0 saturated carbocycles. The van der Waals surface area contributed by atoms with E-state index in [1.807, 2.05) is 0 Å². The standard InChI is InChI=1S/C8H4ClF2NO3/c9-3-1-4(7(12)13)6-5(2-3)14-8(10,11)15-6/h1-2H,(H2,12,13). The maximum Gasteiger partial charge on any atom is 0.586 e. The Hall–Kier alpha value is -1.56. The van der Waals surface area contributed by atoms with Crippen LogP contribution in [-0.4, -0.2) is 12.2 Å². The maximum absolute atomic E-state index is 12.7. The van der Waals surface area contributed by atoms with Gasteiger partial charge in [-0.05, 0) is 6.07 Å². The minimum Gasteiger partial charge on any atom is -0.395 e. The number of halogens is 3. The van der Waals surface area contributed by atoms with Gasteiger partial charge in [-0.1, -0.05) is 11.6 Å². The van der Waals surface area contributed by atoms with Crippen LogP contribution in [0.15, 0.2) is 12.1 Å². The van der Waals surface area contributed by atoms with Crippen molar-refractivity contribution >= 4 is 17.5 Å². The molecule has 0 bridgehead atoms. The molecule has 1 amide bonds. The van der Waals surface area contributed by atoms with E-state index in [9.17, 15) is 13.6 Å². The Labute approximate surface area is 87.5 Å². The van der Waals surface area contributed by atoms with Crippen LogP contribution in [0.2, 0.25) is 5.02 Å². The normalized spacial score (nSPS) is 16.5. The number of carbonyl (C=O) groups excluding carboxylic acids is 1. The zero-order valence-corrected chi connectivity index (χ0v) is 7.85. The molecule has 0 spiro atoms. The van der Waals surface area contributed by atoms with Crippen LogP contribution in [0.5, 0.6) is 11.5 Å². The van der Waals surface area contributed by atoms with Crippen LogP contribution in [0.4, 0.5) is 8.78 Å². The number of nitrogens with two attached hydrogens (primary N) is 1. The van der Waals surface area contributed by atoms with Crippen molar-refractivity contribution in [2.75, 3.05) is 0 Å². The first kappa shape index (κ1) is 9.97. The Bertz CT molecular complexity index is 450. The van der Waals surface area contributed by atoms with Crippen molar-refractivity contribution in [3.63, 3.8) is 0 Å². The molecule has 0 radical (unpaired) electrons. The molecule has 7 heteroatoms. The van der Waals surface area contributed by atoms with Gasteiger partial charge in [-0.3, -0.25) is 4.79 Å². The summed E-state index contributed by atoms with van der Waals surface area (Å²) in [4.78, 5) is 10.9. The van der Waals surface area contributed by atoms with Gasteiger partial charge in [-0.25, -0.2) is 0 Å². The van der Waals surface area contributed by atoms with Crippen LogP contribution in [0, 0.1) is 0 Å². The highest BCUT2D eigenvalue weighted by molar-refractivity contribution is 6.31. The van der Waals surface area contributed by atoms with E-state index in [1.54, 1.807) is 0 Å². The summed E-state index contributed by atoms with van der Waals surface area (Å²) < 4.78 is 33.6. The van der Waals surface area contributed by atoms with E-state index in [-0.39, 0.29) is 16.3 Å². The maximum atomic E-state index is 12.7. The summed E-state index contributed by atoms with van der Waals surface area (Å²) in [5.74, 6) is -1.62. The molecule has 15 heavy (non-hydrogen) atoms. The van der Waals surface area contributed by atoms with Gasteiger partial charge in [0.15, 0.2) is 11.5 Å². The van der Waals surface area contributed by atoms with E-state index in [2.05, 4.69) is 9.47 Å². The van der Waals surface area contributed by atoms with Gasteiger partial charge in [-0.2, -0.15) is 0 Å². The molecule has 80 valence electrons. The van der Waals surface area contributed by atoms with E-state index in [0.717, 1.165) is 12.1 Å². The van der Waals surface area contributed by atoms with Crippen LogP contribution in [0.1, 0.15) is 10.4 Å². The lowest BCUT2D eigenvalue weighted by Crippen LogP contribution is -2.26. The van der Waals surface area contributed by atoms with Crippen LogP contribution in [-0.2, 0) is 0 Å². The van der Waals surface area contributed by atoms with E-state index in [4.69, 9.17) is 17.3 Å². The summed E-state index contributed by atoms with van der Waals surface area (Å²) in [6, 6.07) is 2.25.